The van der Waals surface area contributed by atoms with Crippen molar-refractivity contribution < 1.29 is 4.79 Å². The minimum absolute atomic E-state index is 0.153. The maximum absolute atomic E-state index is 12.9. The summed E-state index contributed by atoms with van der Waals surface area (Å²) in [5.74, 6) is 0.485. The average Bonchev–Trinajstić information content (AvgIpc) is 2.97. The number of carbonyl (C=O) groups excluding carboxylic acids is 1. The van der Waals surface area contributed by atoms with Crippen LogP contribution in [-0.2, 0) is 12.8 Å². The third-order valence-corrected chi connectivity index (χ3v) is 6.05. The Morgan fingerprint density at radius 1 is 1.24 bits per heavy atom. The highest BCUT2D eigenvalue weighted by Gasteiger charge is 2.25. The number of nitriles is 1. The molecule has 1 heterocycles. The molecule has 124 valence electrons. The van der Waals surface area contributed by atoms with Crippen LogP contribution in [0.1, 0.15) is 39.7 Å². The van der Waals surface area contributed by atoms with Crippen LogP contribution in [0, 0.1) is 17.2 Å². The monoisotopic (exact) mass is 346 g/mol. The van der Waals surface area contributed by atoms with Crippen LogP contribution in [0.15, 0.2) is 42.5 Å². The van der Waals surface area contributed by atoms with Gasteiger partial charge in [-0.1, -0.05) is 43.3 Å². The van der Waals surface area contributed by atoms with E-state index in [1.807, 2.05) is 42.5 Å². The average molecular weight is 346 g/mol. The zero-order valence-electron chi connectivity index (χ0n) is 14.0. The van der Waals surface area contributed by atoms with Crippen molar-refractivity contribution in [1.29, 1.82) is 5.26 Å². The van der Waals surface area contributed by atoms with Gasteiger partial charge in [0.2, 0.25) is 0 Å². The molecule has 3 nitrogen and oxygen atoms in total. The van der Waals surface area contributed by atoms with Crippen LogP contribution in [0.5, 0.6) is 0 Å². The van der Waals surface area contributed by atoms with Crippen molar-refractivity contribution in [3.05, 3.63) is 64.0 Å². The van der Waals surface area contributed by atoms with Gasteiger partial charge in [-0.2, -0.15) is 5.26 Å². The van der Waals surface area contributed by atoms with Crippen LogP contribution in [0.3, 0.4) is 0 Å². The summed E-state index contributed by atoms with van der Waals surface area (Å²) in [6.45, 7) is 2.24. The zero-order chi connectivity index (χ0) is 17.4. The second-order valence-corrected chi connectivity index (χ2v) is 7.75. The molecule has 3 aromatic rings. The number of benzene rings is 2. The Morgan fingerprint density at radius 3 is 2.88 bits per heavy atom. The van der Waals surface area contributed by atoms with E-state index in [0.29, 0.717) is 22.0 Å². The van der Waals surface area contributed by atoms with E-state index < -0.39 is 0 Å². The smallest absolute Gasteiger partial charge is 0.256 e. The molecule has 1 aromatic heterocycles. The normalized spacial score (nSPS) is 16.2. The van der Waals surface area contributed by atoms with Crippen LogP contribution in [0.25, 0.3) is 10.8 Å². The predicted molar refractivity (Wildman–Crippen MR) is 102 cm³/mol. The third kappa shape index (κ3) is 2.81. The van der Waals surface area contributed by atoms with Gasteiger partial charge in [-0.25, -0.2) is 0 Å². The SMILES string of the molecule is CC1CCc2c(sc(NC(=O)c3cccc4ccccc34)c2C#N)C1. The van der Waals surface area contributed by atoms with E-state index in [4.69, 9.17) is 0 Å². The fourth-order valence-electron chi connectivity index (χ4n) is 3.55. The van der Waals surface area contributed by atoms with E-state index in [0.717, 1.165) is 35.6 Å². The fourth-order valence-corrected chi connectivity index (χ4v) is 4.91. The van der Waals surface area contributed by atoms with Crippen molar-refractivity contribution in [2.24, 2.45) is 5.92 Å². The summed E-state index contributed by atoms with van der Waals surface area (Å²) in [4.78, 5) is 14.1. The quantitative estimate of drug-likeness (QED) is 0.697. The number of nitrogens with zero attached hydrogens (tertiary/aromatic N) is 1. The number of nitrogens with one attached hydrogen (secondary N) is 1. The molecule has 1 aliphatic rings. The summed E-state index contributed by atoms with van der Waals surface area (Å²) in [6.07, 6.45) is 3.04. The van der Waals surface area contributed by atoms with E-state index in [1.54, 1.807) is 11.3 Å². The summed E-state index contributed by atoms with van der Waals surface area (Å²) in [7, 11) is 0. The molecule has 0 saturated heterocycles. The lowest BCUT2D eigenvalue weighted by atomic mass is 9.88. The second-order valence-electron chi connectivity index (χ2n) is 6.65. The van der Waals surface area contributed by atoms with Crippen LogP contribution >= 0.6 is 11.3 Å². The topological polar surface area (TPSA) is 52.9 Å². The Balaban J connectivity index is 1.71. The number of thiophene rings is 1. The molecule has 1 amide bonds. The highest BCUT2D eigenvalue weighted by Crippen LogP contribution is 2.39. The summed E-state index contributed by atoms with van der Waals surface area (Å²) >= 11 is 1.56. The van der Waals surface area contributed by atoms with Gasteiger partial charge in [0.25, 0.3) is 5.91 Å². The molecule has 1 unspecified atom stereocenters. The Hall–Kier alpha value is -2.64. The fraction of sp³-hybridized carbons (Fsp3) is 0.238. The van der Waals surface area contributed by atoms with Crippen LogP contribution < -0.4 is 5.32 Å². The number of fused-ring (bicyclic) bond motifs is 2. The number of anilines is 1. The Labute approximate surface area is 150 Å². The van der Waals surface area contributed by atoms with Crippen molar-refractivity contribution in [2.45, 2.75) is 26.2 Å². The molecular formula is C21H18N2OS. The van der Waals surface area contributed by atoms with E-state index >= 15 is 0 Å². The van der Waals surface area contributed by atoms with Crippen molar-refractivity contribution in [1.82, 2.24) is 0 Å². The van der Waals surface area contributed by atoms with Crippen LogP contribution in [0.4, 0.5) is 5.00 Å². The highest BCUT2D eigenvalue weighted by molar-refractivity contribution is 7.16. The molecule has 0 bridgehead atoms. The van der Waals surface area contributed by atoms with Gasteiger partial charge in [-0.05, 0) is 47.6 Å². The zero-order valence-corrected chi connectivity index (χ0v) is 14.8. The summed E-state index contributed by atoms with van der Waals surface area (Å²) in [6, 6.07) is 15.9. The van der Waals surface area contributed by atoms with Crippen molar-refractivity contribution in [2.75, 3.05) is 5.32 Å². The van der Waals surface area contributed by atoms with E-state index in [9.17, 15) is 10.1 Å². The van der Waals surface area contributed by atoms with Crippen LogP contribution in [0.2, 0.25) is 0 Å². The van der Waals surface area contributed by atoms with Gasteiger partial charge in [0, 0.05) is 10.4 Å². The number of rotatable bonds is 2. The van der Waals surface area contributed by atoms with E-state index in [2.05, 4.69) is 18.3 Å². The third-order valence-electron chi connectivity index (χ3n) is 4.88. The maximum Gasteiger partial charge on any atom is 0.256 e. The first-order valence-corrected chi connectivity index (χ1v) is 9.32. The molecule has 4 heteroatoms. The summed E-state index contributed by atoms with van der Waals surface area (Å²) in [5, 5.41) is 15.2. The van der Waals surface area contributed by atoms with E-state index in [-0.39, 0.29) is 5.91 Å². The molecule has 0 aliphatic heterocycles. The Morgan fingerprint density at radius 2 is 2.04 bits per heavy atom. The molecule has 4 rings (SSSR count). The lowest BCUT2D eigenvalue weighted by Crippen LogP contribution is -2.12. The standard InChI is InChI=1S/C21H18N2OS/c1-13-9-10-16-18(12-22)21(25-19(16)11-13)23-20(24)17-8-4-6-14-5-2-3-7-15(14)17/h2-8,13H,9-11H2,1H3,(H,23,24). The summed E-state index contributed by atoms with van der Waals surface area (Å²) < 4.78 is 0. The van der Waals surface area contributed by atoms with Gasteiger partial charge >= 0.3 is 0 Å². The largest absolute Gasteiger partial charge is 0.312 e. The van der Waals surface area contributed by atoms with Crippen molar-refractivity contribution in [3.8, 4) is 6.07 Å². The molecule has 1 N–H and O–H groups in total. The molecule has 0 spiro atoms. The van der Waals surface area contributed by atoms with Crippen molar-refractivity contribution in [3.63, 3.8) is 0 Å². The van der Waals surface area contributed by atoms with Crippen LogP contribution in [-0.4, -0.2) is 5.91 Å². The predicted octanol–water partition coefficient (Wildman–Crippen LogP) is 5.15. The first-order chi connectivity index (χ1) is 12.2. The summed E-state index contributed by atoms with van der Waals surface area (Å²) in [5.41, 5.74) is 2.43. The molecule has 0 fully saturated rings. The second kappa shape index (κ2) is 6.34. The first kappa shape index (κ1) is 15.9. The number of hydrogen-bond donors (Lipinski definition) is 1. The Kier molecular flexibility index (Phi) is 4.03. The molecule has 0 radical (unpaired) electrons. The lowest BCUT2D eigenvalue weighted by molar-refractivity contribution is 0.102. The van der Waals surface area contributed by atoms with Gasteiger partial charge in [0.05, 0.1) is 5.56 Å². The van der Waals surface area contributed by atoms with Gasteiger partial charge in [-0.3, -0.25) is 4.79 Å². The maximum atomic E-state index is 12.9. The molecular weight excluding hydrogens is 328 g/mol. The number of hydrogen-bond acceptors (Lipinski definition) is 3. The molecule has 0 saturated carbocycles. The minimum Gasteiger partial charge on any atom is -0.312 e. The number of amides is 1. The van der Waals surface area contributed by atoms with Crippen molar-refractivity contribution >= 4 is 33.0 Å². The molecule has 1 aliphatic carbocycles. The van der Waals surface area contributed by atoms with Gasteiger partial charge < -0.3 is 5.32 Å². The highest BCUT2D eigenvalue weighted by atomic mass is 32.1. The molecule has 2 aromatic carbocycles. The molecule has 1 atom stereocenters. The Bertz CT molecular complexity index is 1010. The minimum atomic E-state index is -0.153. The van der Waals surface area contributed by atoms with Gasteiger partial charge in [0.1, 0.15) is 11.1 Å². The lowest BCUT2D eigenvalue weighted by Gasteiger charge is -2.17. The first-order valence-electron chi connectivity index (χ1n) is 8.51. The number of carbonyl (C=O) groups is 1. The van der Waals surface area contributed by atoms with Gasteiger partial charge in [0.15, 0.2) is 0 Å². The van der Waals surface area contributed by atoms with Gasteiger partial charge in [-0.15, -0.1) is 11.3 Å². The molecule has 25 heavy (non-hydrogen) atoms. The van der Waals surface area contributed by atoms with E-state index in [1.165, 1.54) is 4.88 Å².